The van der Waals surface area contributed by atoms with Crippen LogP contribution in [0.15, 0.2) is 0 Å². The van der Waals surface area contributed by atoms with E-state index in [4.69, 9.17) is 0 Å². The number of aliphatic hydroxyl groups excluding tert-OH is 1. The Morgan fingerprint density at radius 1 is 0.920 bits per heavy atom. The molecule has 0 aromatic heterocycles. The molecule has 3 rings (SSSR count). The summed E-state index contributed by atoms with van der Waals surface area (Å²) in [5, 5.41) is 36.5. The summed E-state index contributed by atoms with van der Waals surface area (Å²) in [6, 6.07) is 0.787. The molecule has 6 nitrogen and oxygen atoms in total. The number of aliphatic hydroxyl groups is 2. The van der Waals surface area contributed by atoms with Crippen molar-refractivity contribution in [1.82, 2.24) is 10.6 Å². The first-order chi connectivity index (χ1) is 12.0. The number of carboxylic acids is 1. The Balaban J connectivity index is 1.66. The molecule has 144 valence electrons. The van der Waals surface area contributed by atoms with Gasteiger partial charge in [0.25, 0.3) is 0 Å². The average molecular weight is 391 g/mol. The lowest BCUT2D eigenvalue weighted by atomic mass is 9.85. The molecule has 1 heterocycles. The predicted octanol–water partition coefficient (Wildman–Crippen LogP) is 1.42. The monoisotopic (exact) mass is 390 g/mol. The largest absolute Gasteiger partial charge is 0.481 e. The SMILES string of the molecule is O=C(O)C1CCC2NCCCNC3CCC(C(O)O)CC3SSC2C1. The molecule has 8 heteroatoms. The highest BCUT2D eigenvalue weighted by molar-refractivity contribution is 8.77. The van der Waals surface area contributed by atoms with Crippen molar-refractivity contribution in [2.24, 2.45) is 11.8 Å². The molecular formula is C17H30N2O4S2. The van der Waals surface area contributed by atoms with E-state index in [1.807, 2.05) is 21.6 Å². The molecule has 0 spiro atoms. The van der Waals surface area contributed by atoms with Crippen LogP contribution in [0, 0.1) is 11.8 Å². The molecule has 0 aromatic carbocycles. The number of hydrogen-bond acceptors (Lipinski definition) is 7. The number of hydrogen-bond donors (Lipinski definition) is 5. The van der Waals surface area contributed by atoms with Crippen LogP contribution >= 0.6 is 21.6 Å². The van der Waals surface area contributed by atoms with Crippen LogP contribution in [0.25, 0.3) is 0 Å². The highest BCUT2D eigenvalue weighted by Gasteiger charge is 2.38. The Morgan fingerprint density at radius 2 is 1.52 bits per heavy atom. The zero-order valence-corrected chi connectivity index (χ0v) is 16.1. The first-order valence-electron chi connectivity index (χ1n) is 9.42. The van der Waals surface area contributed by atoms with E-state index in [0.717, 1.165) is 58.0 Å². The summed E-state index contributed by atoms with van der Waals surface area (Å²) in [6.07, 6.45) is 4.87. The second kappa shape index (κ2) is 9.28. The van der Waals surface area contributed by atoms with Crippen LogP contribution in [0.3, 0.4) is 0 Å². The molecule has 3 fully saturated rings. The van der Waals surface area contributed by atoms with E-state index in [-0.39, 0.29) is 11.8 Å². The third kappa shape index (κ3) is 5.26. The van der Waals surface area contributed by atoms with Crippen molar-refractivity contribution < 1.29 is 20.1 Å². The van der Waals surface area contributed by atoms with Gasteiger partial charge in [-0.25, -0.2) is 0 Å². The Morgan fingerprint density at radius 3 is 2.12 bits per heavy atom. The number of aliphatic carboxylic acids is 1. The smallest absolute Gasteiger partial charge is 0.306 e. The van der Waals surface area contributed by atoms with Crippen molar-refractivity contribution in [2.45, 2.75) is 73.8 Å². The molecule has 0 amide bonds. The van der Waals surface area contributed by atoms with Crippen LogP contribution in [0.5, 0.6) is 0 Å². The molecule has 6 atom stereocenters. The number of rotatable bonds is 2. The second-order valence-electron chi connectivity index (χ2n) is 7.58. The standard InChI is InChI=1S/C17H30N2O4S2/c20-16(21)10-2-4-12-14(8-10)24-25-15-9-11(17(22)23)3-5-13(15)19-7-1-6-18-12/h10-16,18-21H,1-9H2,(H,22,23). The van der Waals surface area contributed by atoms with E-state index < -0.39 is 12.3 Å². The van der Waals surface area contributed by atoms with Gasteiger partial charge in [0.15, 0.2) is 6.29 Å². The number of nitrogens with one attached hydrogen (secondary N) is 2. The lowest BCUT2D eigenvalue weighted by molar-refractivity contribution is -0.142. The fourth-order valence-corrected chi connectivity index (χ4v) is 8.06. The van der Waals surface area contributed by atoms with Crippen molar-refractivity contribution in [1.29, 1.82) is 0 Å². The Hall–Kier alpha value is 0.01000. The van der Waals surface area contributed by atoms with Gasteiger partial charge in [0.2, 0.25) is 0 Å². The fourth-order valence-electron chi connectivity index (χ4n) is 4.27. The van der Waals surface area contributed by atoms with Crippen LogP contribution in [-0.4, -0.2) is 63.3 Å². The molecule has 6 unspecified atom stereocenters. The Labute approximate surface area is 157 Å². The fraction of sp³-hybridized carbons (Fsp3) is 0.941. The summed E-state index contributed by atoms with van der Waals surface area (Å²) in [5.41, 5.74) is 0. The summed E-state index contributed by atoms with van der Waals surface area (Å²) in [7, 11) is 3.65. The predicted molar refractivity (Wildman–Crippen MR) is 101 cm³/mol. The van der Waals surface area contributed by atoms with E-state index in [9.17, 15) is 20.1 Å². The molecule has 1 saturated heterocycles. The zero-order valence-electron chi connectivity index (χ0n) is 14.5. The molecule has 0 aromatic rings. The summed E-state index contributed by atoms with van der Waals surface area (Å²) in [6.45, 7) is 1.94. The second-order valence-corrected chi connectivity index (χ2v) is 10.3. The minimum atomic E-state index is -1.23. The number of carboxylic acid groups (broad SMARTS) is 1. The summed E-state index contributed by atoms with van der Waals surface area (Å²) < 4.78 is 0. The summed E-state index contributed by atoms with van der Waals surface area (Å²) in [4.78, 5) is 11.4. The minimum Gasteiger partial charge on any atom is -0.481 e. The average Bonchev–Trinajstić information content (AvgIpc) is 2.63. The Bertz CT molecular complexity index is 454. The maximum Gasteiger partial charge on any atom is 0.306 e. The molecule has 25 heavy (non-hydrogen) atoms. The highest BCUT2D eigenvalue weighted by atomic mass is 33.1. The van der Waals surface area contributed by atoms with Crippen LogP contribution < -0.4 is 10.6 Å². The van der Waals surface area contributed by atoms with Crippen LogP contribution in [-0.2, 0) is 4.79 Å². The third-order valence-electron chi connectivity index (χ3n) is 5.86. The molecule has 0 bridgehead atoms. The lowest BCUT2D eigenvalue weighted by Gasteiger charge is -2.38. The first-order valence-corrected chi connectivity index (χ1v) is 11.7. The molecular weight excluding hydrogens is 360 g/mol. The summed E-state index contributed by atoms with van der Waals surface area (Å²) in [5.74, 6) is -0.944. The van der Waals surface area contributed by atoms with Gasteiger partial charge in [-0.2, -0.15) is 0 Å². The molecule has 2 aliphatic carbocycles. The maximum atomic E-state index is 11.4. The zero-order chi connectivity index (χ0) is 17.8. The van der Waals surface area contributed by atoms with Crippen molar-refractivity contribution in [3.63, 3.8) is 0 Å². The Kier molecular flexibility index (Phi) is 7.34. The van der Waals surface area contributed by atoms with E-state index >= 15 is 0 Å². The van der Waals surface area contributed by atoms with E-state index in [1.54, 1.807) is 0 Å². The first kappa shape index (κ1) is 19.8. The normalized spacial score (nSPS) is 40.6. The minimum absolute atomic E-state index is 0.0478. The number of carbonyl (C=O) groups is 1. The van der Waals surface area contributed by atoms with Crippen molar-refractivity contribution in [3.05, 3.63) is 0 Å². The molecule has 3 aliphatic rings. The van der Waals surface area contributed by atoms with Gasteiger partial charge in [-0.1, -0.05) is 21.6 Å². The van der Waals surface area contributed by atoms with Gasteiger partial charge in [0.05, 0.1) is 5.92 Å². The molecule has 0 radical (unpaired) electrons. The third-order valence-corrected chi connectivity index (χ3v) is 9.33. The van der Waals surface area contributed by atoms with Gasteiger partial charge in [-0.15, -0.1) is 0 Å². The topological polar surface area (TPSA) is 102 Å². The number of fused-ring (bicyclic) bond motifs is 2. The van der Waals surface area contributed by atoms with E-state index in [0.29, 0.717) is 22.6 Å². The lowest BCUT2D eigenvalue weighted by Crippen LogP contribution is -2.45. The maximum absolute atomic E-state index is 11.4. The molecule has 1 aliphatic heterocycles. The van der Waals surface area contributed by atoms with Crippen molar-refractivity contribution in [3.8, 4) is 0 Å². The van der Waals surface area contributed by atoms with Gasteiger partial charge in [0, 0.05) is 28.5 Å². The molecule has 5 N–H and O–H groups in total. The van der Waals surface area contributed by atoms with Gasteiger partial charge < -0.3 is 26.0 Å². The summed E-state index contributed by atoms with van der Waals surface area (Å²) >= 11 is 0. The van der Waals surface area contributed by atoms with Crippen molar-refractivity contribution in [2.75, 3.05) is 13.1 Å². The van der Waals surface area contributed by atoms with Crippen LogP contribution in [0.1, 0.15) is 44.9 Å². The van der Waals surface area contributed by atoms with Gasteiger partial charge in [0.1, 0.15) is 0 Å². The van der Waals surface area contributed by atoms with Gasteiger partial charge >= 0.3 is 5.97 Å². The molecule has 2 saturated carbocycles. The highest BCUT2D eigenvalue weighted by Crippen LogP contribution is 2.45. The van der Waals surface area contributed by atoms with Gasteiger partial charge in [-0.3, -0.25) is 4.79 Å². The van der Waals surface area contributed by atoms with E-state index in [2.05, 4.69) is 10.6 Å². The van der Waals surface area contributed by atoms with Crippen LogP contribution in [0.4, 0.5) is 0 Å². The quantitative estimate of drug-likeness (QED) is 0.356. The van der Waals surface area contributed by atoms with Crippen molar-refractivity contribution >= 4 is 27.6 Å². The van der Waals surface area contributed by atoms with E-state index in [1.165, 1.54) is 0 Å². The van der Waals surface area contributed by atoms with Crippen LogP contribution in [0.2, 0.25) is 0 Å². The van der Waals surface area contributed by atoms with Gasteiger partial charge in [-0.05, 0) is 58.0 Å².